The molecule has 0 radical (unpaired) electrons. The molecule has 1 saturated carbocycles. The molecule has 1 aliphatic carbocycles. The maximum absolute atomic E-state index is 5.92. The van der Waals surface area contributed by atoms with Gasteiger partial charge in [-0.05, 0) is 43.7 Å². The molecule has 2 fully saturated rings. The van der Waals surface area contributed by atoms with Crippen molar-refractivity contribution < 1.29 is 0 Å². The van der Waals surface area contributed by atoms with Crippen LogP contribution in [0.3, 0.4) is 0 Å². The predicted octanol–water partition coefficient (Wildman–Crippen LogP) is 1.42. The second-order valence-corrected chi connectivity index (χ2v) is 6.42. The van der Waals surface area contributed by atoms with E-state index in [0.717, 1.165) is 25.6 Å². The molecule has 2 unspecified atom stereocenters. The summed E-state index contributed by atoms with van der Waals surface area (Å²) in [6, 6.07) is 0.640. The highest BCUT2D eigenvalue weighted by Gasteiger charge is 2.45. The third kappa shape index (κ3) is 3.37. The van der Waals surface area contributed by atoms with Crippen LogP contribution < -0.4 is 11.1 Å². The van der Waals surface area contributed by atoms with E-state index >= 15 is 0 Å². The average Bonchev–Trinajstić information content (AvgIpc) is 2.77. The summed E-state index contributed by atoms with van der Waals surface area (Å²) in [5.41, 5.74) is 6.42. The first kappa shape index (κ1) is 13.7. The van der Waals surface area contributed by atoms with Gasteiger partial charge >= 0.3 is 0 Å². The molecule has 3 N–H and O–H groups in total. The summed E-state index contributed by atoms with van der Waals surface area (Å²) in [5, 5.41) is 3.29. The highest BCUT2D eigenvalue weighted by Crippen LogP contribution is 2.51. The zero-order chi connectivity index (χ0) is 13.2. The first-order chi connectivity index (χ1) is 8.53. The number of likely N-dealkylation sites (N-methyl/N-ethyl adjacent to an activating group) is 1. The summed E-state index contributed by atoms with van der Waals surface area (Å²) in [5.74, 6) is 1.36. The number of guanidine groups is 1. The van der Waals surface area contributed by atoms with Gasteiger partial charge in [0.15, 0.2) is 5.96 Å². The van der Waals surface area contributed by atoms with Gasteiger partial charge in [0.2, 0.25) is 0 Å². The van der Waals surface area contributed by atoms with Gasteiger partial charge in [0, 0.05) is 19.1 Å². The van der Waals surface area contributed by atoms with Crippen molar-refractivity contribution in [3.63, 3.8) is 0 Å². The van der Waals surface area contributed by atoms with Crippen LogP contribution >= 0.6 is 0 Å². The number of hydrogen-bond donors (Lipinski definition) is 2. The monoisotopic (exact) mass is 252 g/mol. The minimum absolute atomic E-state index is 0.494. The second kappa shape index (κ2) is 5.47. The fourth-order valence-electron chi connectivity index (χ4n) is 2.92. The number of nitrogens with zero attached hydrogens (tertiary/aromatic N) is 2. The maximum Gasteiger partial charge on any atom is 0.188 e. The molecule has 18 heavy (non-hydrogen) atoms. The Balaban J connectivity index is 1.68. The van der Waals surface area contributed by atoms with Gasteiger partial charge in [0.25, 0.3) is 0 Å². The fourth-order valence-corrected chi connectivity index (χ4v) is 2.92. The van der Waals surface area contributed by atoms with E-state index in [4.69, 9.17) is 5.73 Å². The molecule has 1 aliphatic heterocycles. The summed E-state index contributed by atoms with van der Waals surface area (Å²) in [6.45, 7) is 11.0. The summed E-state index contributed by atoms with van der Waals surface area (Å²) < 4.78 is 0. The highest BCUT2D eigenvalue weighted by molar-refractivity contribution is 5.77. The standard InChI is InChI=1S/C14H28N4/c1-4-18-7-5-6-12(18)10-17-13(15)16-9-11-8-14(11,2)3/h11-12H,4-10H2,1-3H3,(H3,15,16,17). The minimum atomic E-state index is 0.494. The fraction of sp³-hybridized carbons (Fsp3) is 0.929. The van der Waals surface area contributed by atoms with E-state index in [-0.39, 0.29) is 0 Å². The molecule has 4 heteroatoms. The summed E-state index contributed by atoms with van der Waals surface area (Å²) in [6.07, 6.45) is 3.88. The zero-order valence-electron chi connectivity index (χ0n) is 12.1. The summed E-state index contributed by atoms with van der Waals surface area (Å²) >= 11 is 0. The lowest BCUT2D eigenvalue weighted by molar-refractivity contribution is 0.267. The van der Waals surface area contributed by atoms with Crippen LogP contribution in [0.15, 0.2) is 4.99 Å². The Hall–Kier alpha value is -0.770. The molecule has 2 aliphatic rings. The first-order valence-corrected chi connectivity index (χ1v) is 7.31. The quantitative estimate of drug-likeness (QED) is 0.575. The number of rotatable bonds is 5. The van der Waals surface area contributed by atoms with E-state index in [1.165, 1.54) is 25.8 Å². The number of aliphatic imine (C=N–C) groups is 1. The van der Waals surface area contributed by atoms with Gasteiger partial charge in [-0.25, -0.2) is 0 Å². The Morgan fingerprint density at radius 2 is 2.22 bits per heavy atom. The molecule has 0 aromatic heterocycles. The number of hydrogen-bond acceptors (Lipinski definition) is 2. The Bertz CT molecular complexity index is 311. The lowest BCUT2D eigenvalue weighted by Gasteiger charge is -2.23. The molecule has 0 spiro atoms. The summed E-state index contributed by atoms with van der Waals surface area (Å²) in [4.78, 5) is 6.98. The van der Waals surface area contributed by atoms with E-state index in [9.17, 15) is 0 Å². The van der Waals surface area contributed by atoms with Gasteiger partial charge in [-0.15, -0.1) is 0 Å². The number of nitrogens with one attached hydrogen (secondary N) is 1. The Morgan fingerprint density at radius 3 is 2.83 bits per heavy atom. The van der Waals surface area contributed by atoms with E-state index in [1.807, 2.05) is 0 Å². The van der Waals surface area contributed by atoms with Crippen molar-refractivity contribution >= 4 is 5.96 Å². The molecular weight excluding hydrogens is 224 g/mol. The molecule has 0 bridgehead atoms. The van der Waals surface area contributed by atoms with E-state index < -0.39 is 0 Å². The van der Waals surface area contributed by atoms with Crippen LogP contribution in [-0.4, -0.2) is 43.1 Å². The topological polar surface area (TPSA) is 53.6 Å². The summed E-state index contributed by atoms with van der Waals surface area (Å²) in [7, 11) is 0. The van der Waals surface area contributed by atoms with Gasteiger partial charge in [-0.1, -0.05) is 20.8 Å². The molecule has 2 atom stereocenters. The molecule has 0 aromatic carbocycles. The smallest absolute Gasteiger partial charge is 0.188 e. The number of nitrogens with two attached hydrogens (primary N) is 1. The van der Waals surface area contributed by atoms with Crippen LogP contribution in [0, 0.1) is 11.3 Å². The van der Waals surface area contributed by atoms with E-state index in [1.54, 1.807) is 0 Å². The third-order valence-electron chi connectivity index (χ3n) is 4.62. The van der Waals surface area contributed by atoms with Gasteiger partial charge in [0.1, 0.15) is 0 Å². The molecule has 0 aromatic rings. The van der Waals surface area contributed by atoms with Crippen LogP contribution in [-0.2, 0) is 0 Å². The van der Waals surface area contributed by atoms with E-state index in [0.29, 0.717) is 17.4 Å². The van der Waals surface area contributed by atoms with Crippen molar-refractivity contribution in [1.82, 2.24) is 10.2 Å². The third-order valence-corrected chi connectivity index (χ3v) is 4.62. The normalized spacial score (nSPS) is 31.6. The number of likely N-dealkylation sites (tertiary alicyclic amines) is 1. The van der Waals surface area contributed by atoms with Crippen molar-refractivity contribution in [2.24, 2.45) is 22.1 Å². The Kier molecular flexibility index (Phi) is 4.15. The van der Waals surface area contributed by atoms with Crippen LogP contribution in [0.1, 0.15) is 40.0 Å². The highest BCUT2D eigenvalue weighted by atomic mass is 15.2. The molecule has 4 nitrogen and oxygen atoms in total. The van der Waals surface area contributed by atoms with Crippen molar-refractivity contribution in [3.8, 4) is 0 Å². The molecule has 0 amide bonds. The van der Waals surface area contributed by atoms with Crippen LogP contribution in [0.5, 0.6) is 0 Å². The molecule has 1 saturated heterocycles. The van der Waals surface area contributed by atoms with Crippen LogP contribution in [0.2, 0.25) is 0 Å². The lowest BCUT2D eigenvalue weighted by atomic mass is 10.1. The minimum Gasteiger partial charge on any atom is -0.370 e. The van der Waals surface area contributed by atoms with Crippen LogP contribution in [0.25, 0.3) is 0 Å². The van der Waals surface area contributed by atoms with Crippen molar-refractivity contribution in [2.45, 2.75) is 46.1 Å². The van der Waals surface area contributed by atoms with Gasteiger partial charge in [-0.2, -0.15) is 0 Å². The van der Waals surface area contributed by atoms with Crippen LogP contribution in [0.4, 0.5) is 0 Å². The Morgan fingerprint density at radius 1 is 1.50 bits per heavy atom. The molecule has 104 valence electrons. The Labute approximate surface area is 111 Å². The second-order valence-electron chi connectivity index (χ2n) is 6.42. The van der Waals surface area contributed by atoms with Crippen molar-refractivity contribution in [1.29, 1.82) is 0 Å². The van der Waals surface area contributed by atoms with E-state index in [2.05, 4.69) is 36.0 Å². The van der Waals surface area contributed by atoms with Crippen molar-refractivity contribution in [3.05, 3.63) is 0 Å². The van der Waals surface area contributed by atoms with Crippen molar-refractivity contribution in [2.75, 3.05) is 26.2 Å². The zero-order valence-corrected chi connectivity index (χ0v) is 12.1. The molecule has 1 heterocycles. The van der Waals surface area contributed by atoms with Gasteiger partial charge < -0.3 is 11.1 Å². The molecular formula is C14H28N4. The lowest BCUT2D eigenvalue weighted by Crippen LogP contribution is -2.42. The van der Waals surface area contributed by atoms with Gasteiger partial charge in [-0.3, -0.25) is 9.89 Å². The SMILES string of the molecule is CCN1CCCC1CNC(N)=NCC1CC1(C)C. The average molecular weight is 252 g/mol. The largest absolute Gasteiger partial charge is 0.370 e. The predicted molar refractivity (Wildman–Crippen MR) is 76.6 cm³/mol. The first-order valence-electron chi connectivity index (χ1n) is 7.31. The molecule has 2 rings (SSSR count). The van der Waals surface area contributed by atoms with Gasteiger partial charge in [0.05, 0.1) is 0 Å². The maximum atomic E-state index is 5.92.